The number of urea groups is 1. The first-order valence-corrected chi connectivity index (χ1v) is 6.58. The molecule has 1 aliphatic rings. The van der Waals surface area contributed by atoms with Gasteiger partial charge in [0.15, 0.2) is 0 Å². The summed E-state index contributed by atoms with van der Waals surface area (Å²) in [6.45, 7) is 0.202. The highest BCUT2D eigenvalue weighted by Crippen LogP contribution is 2.25. The monoisotopic (exact) mass is 280 g/mol. The van der Waals surface area contributed by atoms with E-state index in [2.05, 4.69) is 10.6 Å². The molecule has 1 aromatic carbocycles. The van der Waals surface area contributed by atoms with Gasteiger partial charge in [0.25, 0.3) is 0 Å². The number of rotatable bonds is 4. The van der Waals surface area contributed by atoms with E-state index in [-0.39, 0.29) is 18.4 Å². The van der Waals surface area contributed by atoms with Gasteiger partial charge in [-0.25, -0.2) is 9.18 Å². The molecule has 2 amide bonds. The molecule has 1 aromatic rings. The number of carboxylic acid groups (broad SMARTS) is 1. The van der Waals surface area contributed by atoms with Gasteiger partial charge in [0.05, 0.1) is 5.92 Å². The number of benzene rings is 1. The minimum atomic E-state index is -0.877. The molecule has 0 heterocycles. The van der Waals surface area contributed by atoms with Crippen LogP contribution >= 0.6 is 0 Å². The van der Waals surface area contributed by atoms with Gasteiger partial charge in [-0.2, -0.15) is 0 Å². The van der Waals surface area contributed by atoms with Crippen LogP contribution in [0.1, 0.15) is 24.8 Å². The van der Waals surface area contributed by atoms with E-state index >= 15 is 0 Å². The van der Waals surface area contributed by atoms with Gasteiger partial charge >= 0.3 is 12.0 Å². The van der Waals surface area contributed by atoms with Gasteiger partial charge < -0.3 is 15.7 Å². The Kier molecular flexibility index (Phi) is 4.55. The molecule has 2 atom stereocenters. The topological polar surface area (TPSA) is 78.4 Å². The predicted molar refractivity (Wildman–Crippen MR) is 70.5 cm³/mol. The van der Waals surface area contributed by atoms with Crippen molar-refractivity contribution >= 4 is 12.0 Å². The number of hydrogen-bond acceptors (Lipinski definition) is 2. The summed E-state index contributed by atoms with van der Waals surface area (Å²) in [5.41, 5.74) is 0.654. The van der Waals surface area contributed by atoms with E-state index in [1.807, 2.05) is 0 Å². The van der Waals surface area contributed by atoms with Crippen molar-refractivity contribution in [3.05, 3.63) is 35.6 Å². The van der Waals surface area contributed by atoms with Crippen molar-refractivity contribution in [1.29, 1.82) is 0 Å². The van der Waals surface area contributed by atoms with Crippen molar-refractivity contribution in [3.63, 3.8) is 0 Å². The van der Waals surface area contributed by atoms with Crippen LogP contribution in [0.15, 0.2) is 24.3 Å². The molecule has 6 heteroatoms. The van der Waals surface area contributed by atoms with Crippen LogP contribution in [-0.4, -0.2) is 23.1 Å². The fourth-order valence-electron chi connectivity index (χ4n) is 2.48. The lowest BCUT2D eigenvalue weighted by Crippen LogP contribution is -2.45. The summed E-state index contributed by atoms with van der Waals surface area (Å²) >= 11 is 0. The molecule has 0 aromatic heterocycles. The highest BCUT2D eigenvalue weighted by molar-refractivity contribution is 5.77. The van der Waals surface area contributed by atoms with Crippen molar-refractivity contribution in [2.75, 3.05) is 0 Å². The van der Waals surface area contributed by atoms with Gasteiger partial charge in [-0.1, -0.05) is 18.6 Å². The Bertz CT molecular complexity index is 507. The first-order chi connectivity index (χ1) is 9.56. The van der Waals surface area contributed by atoms with Gasteiger partial charge in [0.2, 0.25) is 0 Å². The van der Waals surface area contributed by atoms with Gasteiger partial charge in [-0.3, -0.25) is 4.79 Å². The van der Waals surface area contributed by atoms with E-state index in [9.17, 15) is 14.0 Å². The molecule has 2 unspecified atom stereocenters. The maximum Gasteiger partial charge on any atom is 0.315 e. The zero-order chi connectivity index (χ0) is 14.5. The molecule has 1 saturated carbocycles. The zero-order valence-corrected chi connectivity index (χ0v) is 10.9. The number of halogens is 1. The Labute approximate surface area is 116 Å². The molecule has 0 spiro atoms. The van der Waals surface area contributed by atoms with Crippen LogP contribution in [-0.2, 0) is 11.3 Å². The molecular weight excluding hydrogens is 263 g/mol. The number of amides is 2. The van der Waals surface area contributed by atoms with Crippen LogP contribution in [0, 0.1) is 11.7 Å². The lowest BCUT2D eigenvalue weighted by Gasteiger charge is -2.18. The third kappa shape index (κ3) is 3.69. The SMILES string of the molecule is O=C(NCc1cccc(F)c1)NC1CCCC1C(=O)O. The first-order valence-electron chi connectivity index (χ1n) is 6.58. The summed E-state index contributed by atoms with van der Waals surface area (Å²) in [4.78, 5) is 22.7. The average Bonchev–Trinajstić information content (AvgIpc) is 2.85. The molecular formula is C14H17FN2O3. The predicted octanol–water partition coefficient (Wildman–Crippen LogP) is 1.88. The molecule has 2 rings (SSSR count). The Morgan fingerprint density at radius 3 is 2.85 bits per heavy atom. The van der Waals surface area contributed by atoms with Crippen LogP contribution < -0.4 is 10.6 Å². The quantitative estimate of drug-likeness (QED) is 0.788. The first kappa shape index (κ1) is 14.3. The van der Waals surface area contributed by atoms with Crippen molar-refractivity contribution in [2.45, 2.75) is 31.8 Å². The van der Waals surface area contributed by atoms with Crippen LogP contribution in [0.4, 0.5) is 9.18 Å². The Hall–Kier alpha value is -2.11. The molecule has 1 fully saturated rings. The number of hydrogen-bond donors (Lipinski definition) is 3. The van der Waals surface area contributed by atoms with Gasteiger partial charge in [0, 0.05) is 12.6 Å². The maximum atomic E-state index is 13.0. The Morgan fingerprint density at radius 2 is 2.15 bits per heavy atom. The third-order valence-electron chi connectivity index (χ3n) is 3.49. The largest absolute Gasteiger partial charge is 0.481 e. The van der Waals surface area contributed by atoms with Gasteiger partial charge in [0.1, 0.15) is 5.82 Å². The number of carboxylic acids is 1. The third-order valence-corrected chi connectivity index (χ3v) is 3.49. The molecule has 0 aliphatic heterocycles. The summed E-state index contributed by atoms with van der Waals surface area (Å²) in [6, 6.07) is 5.20. The van der Waals surface area contributed by atoms with Crippen molar-refractivity contribution in [2.24, 2.45) is 5.92 Å². The average molecular weight is 280 g/mol. The molecule has 5 nitrogen and oxygen atoms in total. The van der Waals surface area contributed by atoms with Crippen LogP contribution in [0.2, 0.25) is 0 Å². The zero-order valence-electron chi connectivity index (χ0n) is 10.9. The Morgan fingerprint density at radius 1 is 1.35 bits per heavy atom. The molecule has 0 saturated heterocycles. The summed E-state index contributed by atoms with van der Waals surface area (Å²) in [5, 5.41) is 14.3. The maximum absolute atomic E-state index is 13.0. The summed E-state index contributed by atoms with van der Waals surface area (Å²) < 4.78 is 13.0. The van der Waals surface area contributed by atoms with Crippen LogP contribution in [0.3, 0.4) is 0 Å². The highest BCUT2D eigenvalue weighted by atomic mass is 19.1. The molecule has 20 heavy (non-hydrogen) atoms. The fourth-order valence-corrected chi connectivity index (χ4v) is 2.48. The molecule has 0 radical (unpaired) electrons. The number of carbonyl (C=O) groups is 2. The van der Waals surface area contributed by atoms with E-state index in [1.165, 1.54) is 12.1 Å². The second-order valence-corrected chi connectivity index (χ2v) is 4.94. The van der Waals surface area contributed by atoms with Gasteiger partial charge in [-0.15, -0.1) is 0 Å². The lowest BCUT2D eigenvalue weighted by molar-refractivity contribution is -0.142. The second kappa shape index (κ2) is 6.36. The fraction of sp³-hybridized carbons (Fsp3) is 0.429. The van der Waals surface area contributed by atoms with Crippen LogP contribution in [0.5, 0.6) is 0 Å². The second-order valence-electron chi connectivity index (χ2n) is 4.94. The van der Waals surface area contributed by atoms with Crippen molar-refractivity contribution < 1.29 is 19.1 Å². The van der Waals surface area contributed by atoms with Crippen molar-refractivity contribution in [1.82, 2.24) is 10.6 Å². The Balaban J connectivity index is 1.82. The number of carbonyl (C=O) groups excluding carboxylic acids is 1. The number of nitrogens with one attached hydrogen (secondary N) is 2. The van der Waals surface area contributed by atoms with Gasteiger partial charge in [-0.05, 0) is 30.5 Å². The van der Waals surface area contributed by atoms with E-state index in [1.54, 1.807) is 12.1 Å². The van der Waals surface area contributed by atoms with E-state index in [0.29, 0.717) is 18.4 Å². The normalized spacial score (nSPS) is 21.4. The van der Waals surface area contributed by atoms with E-state index in [4.69, 9.17) is 5.11 Å². The standard InChI is InChI=1S/C14H17FN2O3/c15-10-4-1-3-9(7-10)8-16-14(20)17-12-6-2-5-11(12)13(18)19/h1,3-4,7,11-12H,2,5-6,8H2,(H,18,19)(H2,16,17,20). The highest BCUT2D eigenvalue weighted by Gasteiger charge is 2.33. The summed E-state index contributed by atoms with van der Waals surface area (Å²) in [7, 11) is 0. The summed E-state index contributed by atoms with van der Waals surface area (Å²) in [6.07, 6.45) is 2.06. The molecule has 0 bridgehead atoms. The van der Waals surface area contributed by atoms with Crippen LogP contribution in [0.25, 0.3) is 0 Å². The molecule has 3 N–H and O–H groups in total. The molecule has 1 aliphatic carbocycles. The summed E-state index contributed by atoms with van der Waals surface area (Å²) in [5.74, 6) is -1.75. The van der Waals surface area contributed by atoms with E-state index < -0.39 is 17.9 Å². The number of aliphatic carboxylic acids is 1. The smallest absolute Gasteiger partial charge is 0.315 e. The minimum Gasteiger partial charge on any atom is -0.481 e. The van der Waals surface area contributed by atoms with Crippen molar-refractivity contribution in [3.8, 4) is 0 Å². The minimum absolute atomic E-state index is 0.202. The lowest BCUT2D eigenvalue weighted by atomic mass is 10.0. The molecule has 108 valence electrons. The van der Waals surface area contributed by atoms with E-state index in [0.717, 1.165) is 6.42 Å².